The van der Waals surface area contributed by atoms with Gasteiger partial charge in [0.1, 0.15) is 18.0 Å². The van der Waals surface area contributed by atoms with E-state index in [2.05, 4.69) is 15.0 Å². The van der Waals surface area contributed by atoms with Crippen LogP contribution in [0.5, 0.6) is 0 Å². The Bertz CT molecular complexity index is 1450. The number of amides is 1. The molecule has 0 spiro atoms. The molecule has 5 rings (SSSR count). The van der Waals surface area contributed by atoms with Gasteiger partial charge in [-0.25, -0.2) is 28.5 Å². The molecule has 0 radical (unpaired) electrons. The van der Waals surface area contributed by atoms with E-state index in [1.165, 1.54) is 40.3 Å². The van der Waals surface area contributed by atoms with Crippen molar-refractivity contribution in [3.63, 3.8) is 0 Å². The second-order valence-electron chi connectivity index (χ2n) is 9.88. The van der Waals surface area contributed by atoms with Gasteiger partial charge >= 0.3 is 12.3 Å². The molecule has 3 aromatic heterocycles. The third kappa shape index (κ3) is 4.49. The largest absolute Gasteiger partial charge is 0.433 e. The van der Waals surface area contributed by atoms with Crippen LogP contribution < -0.4 is 4.90 Å². The second-order valence-corrected chi connectivity index (χ2v) is 9.88. The fraction of sp³-hybridized carbons (Fsp3) is 0.480. The molecule has 1 saturated heterocycles. The zero-order valence-electron chi connectivity index (χ0n) is 21.0. The number of pyridine rings is 1. The minimum absolute atomic E-state index is 0.00404. The number of hydrogen-bond acceptors (Lipinski definition) is 7. The van der Waals surface area contributed by atoms with Crippen LogP contribution in [-0.4, -0.2) is 67.5 Å². The highest BCUT2D eigenvalue weighted by Gasteiger charge is 2.62. The number of piperazine rings is 1. The molecule has 9 nitrogen and oxygen atoms in total. The van der Waals surface area contributed by atoms with Crippen LogP contribution in [0.15, 0.2) is 30.9 Å². The lowest BCUT2D eigenvalue weighted by Gasteiger charge is -2.47. The number of anilines is 1. The molecule has 0 unspecified atom stereocenters. The van der Waals surface area contributed by atoms with Gasteiger partial charge < -0.3 is 14.5 Å². The summed E-state index contributed by atoms with van der Waals surface area (Å²) < 4.78 is 75.5. The Hall–Kier alpha value is -4.02. The number of hydrogen-bond donors (Lipinski definition) is 0. The normalized spacial score (nSPS) is 21.1. The third-order valence-electron chi connectivity index (χ3n) is 7.40. The van der Waals surface area contributed by atoms with E-state index < -0.39 is 36.4 Å². The maximum atomic E-state index is 14.2. The summed E-state index contributed by atoms with van der Waals surface area (Å²) in [6.07, 6.45) is -5.02. The van der Waals surface area contributed by atoms with Gasteiger partial charge in [-0.3, -0.25) is 4.57 Å². The highest BCUT2D eigenvalue weighted by molar-refractivity contribution is 5.93. The Labute approximate surface area is 219 Å². The minimum Gasteiger partial charge on any atom is -0.433 e. The Morgan fingerprint density at radius 3 is 2.54 bits per heavy atom. The minimum atomic E-state index is -4.66. The predicted molar refractivity (Wildman–Crippen MR) is 128 cm³/mol. The number of fused-ring (bicyclic) bond motifs is 1. The number of alkyl halides is 5. The SMILES string of the molecule is C[C@@H]1CN(c2ncnc3c2c(C(F)F)cn3-c2cc(C#N)ccn2)[C@@H](C)CN1C(=O)OC1(C(F)(F)F)CCC1. The van der Waals surface area contributed by atoms with Gasteiger partial charge in [0, 0.05) is 43.1 Å². The van der Waals surface area contributed by atoms with Crippen LogP contribution in [0.2, 0.25) is 0 Å². The van der Waals surface area contributed by atoms with Crippen LogP contribution in [0.4, 0.5) is 32.6 Å². The average molecular weight is 550 g/mol. The molecule has 0 bridgehead atoms. The van der Waals surface area contributed by atoms with E-state index >= 15 is 0 Å². The summed E-state index contributed by atoms with van der Waals surface area (Å²) in [5, 5.41) is 9.31. The standard InChI is InChI=1S/C25H24F5N7O2/c1-14-11-36(23(38)39-24(5-3-6-24)25(28,29)30)15(2)10-35(14)21-19-17(20(26)27)12-37(22(19)34-13-33-21)18-8-16(9-31)4-7-32-18/h4,7-8,12-15,20H,3,5-6,10-11H2,1-2H3/t14-,15+/m0/s1. The number of nitriles is 1. The average Bonchev–Trinajstić information content (AvgIpc) is 3.27. The lowest BCUT2D eigenvalue weighted by Crippen LogP contribution is -2.61. The fourth-order valence-electron chi connectivity index (χ4n) is 5.09. The van der Waals surface area contributed by atoms with Gasteiger partial charge in [-0.1, -0.05) is 0 Å². The van der Waals surface area contributed by atoms with Crippen molar-refractivity contribution in [1.29, 1.82) is 5.26 Å². The second kappa shape index (κ2) is 9.62. The predicted octanol–water partition coefficient (Wildman–Crippen LogP) is 5.15. The van der Waals surface area contributed by atoms with E-state index in [-0.39, 0.29) is 59.7 Å². The van der Waals surface area contributed by atoms with Gasteiger partial charge in [0.15, 0.2) is 5.65 Å². The first-order valence-electron chi connectivity index (χ1n) is 12.3. The molecule has 0 N–H and O–H groups in total. The maximum Gasteiger partial charge on any atom is 0.428 e. The number of carbonyl (C=O) groups is 1. The molecule has 2 atom stereocenters. The first-order chi connectivity index (χ1) is 18.5. The lowest BCUT2D eigenvalue weighted by atomic mass is 9.79. The van der Waals surface area contributed by atoms with Gasteiger partial charge in [0.2, 0.25) is 5.60 Å². The van der Waals surface area contributed by atoms with Crippen molar-refractivity contribution in [3.8, 4) is 11.9 Å². The van der Waals surface area contributed by atoms with Gasteiger partial charge in [0.25, 0.3) is 6.43 Å². The fourth-order valence-corrected chi connectivity index (χ4v) is 5.09. The summed E-state index contributed by atoms with van der Waals surface area (Å²) in [6, 6.07) is 3.82. The van der Waals surface area contributed by atoms with Crippen LogP contribution in [0, 0.1) is 11.3 Å². The van der Waals surface area contributed by atoms with Crippen LogP contribution in [-0.2, 0) is 4.74 Å². The van der Waals surface area contributed by atoms with Crippen molar-refractivity contribution in [2.75, 3.05) is 18.0 Å². The van der Waals surface area contributed by atoms with E-state index in [0.29, 0.717) is 6.42 Å². The molecule has 1 amide bonds. The van der Waals surface area contributed by atoms with E-state index in [1.807, 2.05) is 6.07 Å². The van der Waals surface area contributed by atoms with Crippen molar-refractivity contribution in [3.05, 3.63) is 42.0 Å². The molecule has 3 aromatic rings. The van der Waals surface area contributed by atoms with E-state index in [4.69, 9.17) is 4.74 Å². The quantitative estimate of drug-likeness (QED) is 0.415. The molecule has 2 aliphatic rings. The summed E-state index contributed by atoms with van der Waals surface area (Å²) in [6.45, 7) is 3.48. The third-order valence-corrected chi connectivity index (χ3v) is 7.40. The topological polar surface area (TPSA) is 100 Å². The molecule has 1 aliphatic heterocycles. The maximum absolute atomic E-state index is 14.2. The number of ether oxygens (including phenoxy) is 1. The molecule has 1 aliphatic carbocycles. The van der Waals surface area contributed by atoms with Crippen molar-refractivity contribution >= 4 is 22.9 Å². The number of halogens is 5. The summed E-state index contributed by atoms with van der Waals surface area (Å²) >= 11 is 0. The van der Waals surface area contributed by atoms with E-state index in [0.717, 1.165) is 0 Å². The summed E-state index contributed by atoms with van der Waals surface area (Å²) in [4.78, 5) is 28.5. The number of carbonyl (C=O) groups excluding carboxylic acids is 1. The van der Waals surface area contributed by atoms with Crippen molar-refractivity contribution in [2.45, 2.75) is 63.4 Å². The monoisotopic (exact) mass is 549 g/mol. The molecule has 2 fully saturated rings. The molecule has 14 heteroatoms. The van der Waals surface area contributed by atoms with E-state index in [9.17, 15) is 32.0 Å². The highest BCUT2D eigenvalue weighted by Crippen LogP contribution is 2.48. The summed E-state index contributed by atoms with van der Waals surface area (Å²) in [5.74, 6) is 0.419. The van der Waals surface area contributed by atoms with Gasteiger partial charge in [-0.2, -0.15) is 18.4 Å². The number of rotatable bonds is 4. The van der Waals surface area contributed by atoms with Crippen molar-refractivity contribution in [1.82, 2.24) is 24.4 Å². The molecule has 0 aromatic carbocycles. The van der Waals surface area contributed by atoms with Crippen LogP contribution in [0.1, 0.15) is 50.7 Å². The van der Waals surface area contributed by atoms with Gasteiger partial charge in [0.05, 0.1) is 17.0 Å². The zero-order chi connectivity index (χ0) is 28.1. The summed E-state index contributed by atoms with van der Waals surface area (Å²) in [5.41, 5.74) is -2.37. The smallest absolute Gasteiger partial charge is 0.428 e. The van der Waals surface area contributed by atoms with Crippen LogP contribution in [0.3, 0.4) is 0 Å². The Kier molecular flexibility index (Phi) is 6.56. The first-order valence-corrected chi connectivity index (χ1v) is 12.3. The molecule has 206 valence electrons. The Balaban J connectivity index is 1.47. The summed E-state index contributed by atoms with van der Waals surface area (Å²) in [7, 11) is 0. The molecule has 39 heavy (non-hydrogen) atoms. The molecular weight excluding hydrogens is 525 g/mol. The highest BCUT2D eigenvalue weighted by atomic mass is 19.4. The van der Waals surface area contributed by atoms with Crippen LogP contribution in [0.25, 0.3) is 16.9 Å². The Morgan fingerprint density at radius 2 is 1.92 bits per heavy atom. The molecule has 4 heterocycles. The molecular formula is C25H24F5N7O2. The number of aromatic nitrogens is 4. The lowest BCUT2D eigenvalue weighted by molar-refractivity contribution is -0.286. The number of nitrogens with zero attached hydrogens (tertiary/aromatic N) is 7. The van der Waals surface area contributed by atoms with Crippen molar-refractivity contribution < 1.29 is 31.5 Å². The van der Waals surface area contributed by atoms with Gasteiger partial charge in [-0.05, 0) is 45.2 Å². The van der Waals surface area contributed by atoms with Crippen LogP contribution >= 0.6 is 0 Å². The van der Waals surface area contributed by atoms with Crippen molar-refractivity contribution in [2.24, 2.45) is 0 Å². The first kappa shape index (κ1) is 26.6. The molecule has 1 saturated carbocycles. The Morgan fingerprint density at radius 1 is 1.18 bits per heavy atom. The zero-order valence-corrected chi connectivity index (χ0v) is 21.0. The van der Waals surface area contributed by atoms with Gasteiger partial charge in [-0.15, -0.1) is 0 Å². The van der Waals surface area contributed by atoms with E-state index in [1.54, 1.807) is 18.7 Å².